The van der Waals surface area contributed by atoms with E-state index in [2.05, 4.69) is 36.9 Å². The maximum Gasteiger partial charge on any atom is 0.426 e. The number of rotatable bonds is 3. The molecule has 0 aromatic heterocycles. The first-order chi connectivity index (χ1) is 12.9. The van der Waals surface area contributed by atoms with Crippen LogP contribution >= 0.6 is 0 Å². The lowest BCUT2D eigenvalue weighted by molar-refractivity contribution is -0.258. The van der Waals surface area contributed by atoms with Crippen LogP contribution in [0.25, 0.3) is 0 Å². The van der Waals surface area contributed by atoms with Crippen LogP contribution in [0.2, 0.25) is 0 Å². The van der Waals surface area contributed by atoms with Gasteiger partial charge in [0.25, 0.3) is 5.91 Å². The highest BCUT2D eigenvalue weighted by atomic mass is 19.4. The average molecular weight is 398 g/mol. The molecule has 0 spiro atoms. The van der Waals surface area contributed by atoms with Crippen molar-refractivity contribution in [3.8, 4) is 0 Å². The van der Waals surface area contributed by atoms with Gasteiger partial charge in [-0.25, -0.2) is 0 Å². The Morgan fingerprint density at radius 1 is 1.18 bits per heavy atom. The summed E-state index contributed by atoms with van der Waals surface area (Å²) in [6.45, 7) is 8.43. The fraction of sp³-hybridized carbons (Fsp3) is 0.667. The van der Waals surface area contributed by atoms with E-state index < -0.39 is 17.7 Å². The number of nitrogens with zero attached hydrogens (tertiary/aromatic N) is 1. The Hall–Kier alpha value is -1.60. The predicted molar refractivity (Wildman–Crippen MR) is 101 cm³/mol. The third kappa shape index (κ3) is 3.54. The third-order valence-electron chi connectivity index (χ3n) is 6.03. The Morgan fingerprint density at radius 3 is 2.36 bits per heavy atom. The summed E-state index contributed by atoms with van der Waals surface area (Å²) in [5.41, 5.74) is 1.22. The number of amides is 1. The van der Waals surface area contributed by atoms with E-state index >= 15 is 0 Å². The van der Waals surface area contributed by atoms with Crippen LogP contribution in [0.1, 0.15) is 68.8 Å². The van der Waals surface area contributed by atoms with Crippen LogP contribution in [0.15, 0.2) is 12.1 Å². The Kier molecular flexibility index (Phi) is 5.30. The van der Waals surface area contributed by atoms with Crippen molar-refractivity contribution >= 4 is 5.91 Å². The quantitative estimate of drug-likeness (QED) is 0.829. The highest BCUT2D eigenvalue weighted by Crippen LogP contribution is 2.40. The molecular weight excluding hydrogens is 369 g/mol. The Balaban J connectivity index is 1.99. The van der Waals surface area contributed by atoms with Crippen molar-refractivity contribution in [1.82, 2.24) is 10.2 Å². The molecule has 156 valence electrons. The molecule has 1 amide bonds. The molecule has 2 atom stereocenters. The van der Waals surface area contributed by atoms with Crippen molar-refractivity contribution in [2.24, 2.45) is 0 Å². The number of alkyl halides is 3. The number of nitrogens with one attached hydrogen (secondary N) is 1. The van der Waals surface area contributed by atoms with Crippen molar-refractivity contribution < 1.29 is 22.7 Å². The highest BCUT2D eigenvalue weighted by Gasteiger charge is 2.59. The van der Waals surface area contributed by atoms with Gasteiger partial charge in [-0.05, 0) is 54.0 Å². The monoisotopic (exact) mass is 398 g/mol. The van der Waals surface area contributed by atoms with Crippen LogP contribution in [0.4, 0.5) is 13.2 Å². The number of fused-ring (bicyclic) bond motifs is 1. The second kappa shape index (κ2) is 7.02. The minimum absolute atomic E-state index is 0.0904. The fourth-order valence-corrected chi connectivity index (χ4v) is 4.01. The van der Waals surface area contributed by atoms with Gasteiger partial charge >= 0.3 is 6.18 Å². The summed E-state index contributed by atoms with van der Waals surface area (Å²) in [5.74, 6) is -1.04. The van der Waals surface area contributed by atoms with Crippen LogP contribution < -0.4 is 5.32 Å². The molecule has 0 radical (unpaired) electrons. The molecule has 1 fully saturated rings. The molecule has 3 rings (SSSR count). The normalized spacial score (nSPS) is 22.3. The van der Waals surface area contributed by atoms with Gasteiger partial charge in [0.05, 0.1) is 0 Å². The van der Waals surface area contributed by atoms with Gasteiger partial charge in [-0.2, -0.15) is 13.2 Å². The number of carbonyl (C=O) groups is 1. The molecule has 1 unspecified atom stereocenters. The lowest BCUT2D eigenvalue weighted by Gasteiger charge is -2.32. The number of ether oxygens (including phenoxy) is 1. The first-order valence-electron chi connectivity index (χ1n) is 9.69. The second-order valence-electron chi connectivity index (χ2n) is 9.00. The van der Waals surface area contributed by atoms with Crippen LogP contribution in [0.5, 0.6) is 0 Å². The SMILES string of the molecule is COC(C)(C(=O)N1Cc2cc(C(C)(C)C)cc([C@@H]3CCCN3)c2C1)C(F)(F)F. The summed E-state index contributed by atoms with van der Waals surface area (Å²) in [6, 6.07) is 4.39. The van der Waals surface area contributed by atoms with Crippen molar-refractivity contribution in [2.45, 2.75) is 76.9 Å². The van der Waals surface area contributed by atoms with E-state index in [0.29, 0.717) is 0 Å². The second-order valence-corrected chi connectivity index (χ2v) is 9.00. The van der Waals surface area contributed by atoms with E-state index in [4.69, 9.17) is 0 Å². The minimum atomic E-state index is -4.78. The molecule has 1 aromatic carbocycles. The molecule has 7 heteroatoms. The molecule has 0 bridgehead atoms. The van der Waals surface area contributed by atoms with Gasteiger partial charge in [0.2, 0.25) is 5.60 Å². The molecule has 28 heavy (non-hydrogen) atoms. The number of carbonyl (C=O) groups excluding carboxylic acids is 1. The number of benzene rings is 1. The van der Waals surface area contributed by atoms with Gasteiger partial charge in [-0.3, -0.25) is 4.79 Å². The van der Waals surface area contributed by atoms with E-state index in [9.17, 15) is 18.0 Å². The molecule has 4 nitrogen and oxygen atoms in total. The molecule has 2 aliphatic heterocycles. The Labute approximate surface area is 164 Å². The van der Waals surface area contributed by atoms with Gasteiger partial charge in [0, 0.05) is 26.2 Å². The van der Waals surface area contributed by atoms with E-state index in [0.717, 1.165) is 55.7 Å². The summed E-state index contributed by atoms with van der Waals surface area (Å²) < 4.78 is 45.2. The minimum Gasteiger partial charge on any atom is -0.361 e. The largest absolute Gasteiger partial charge is 0.426 e. The molecule has 2 aliphatic rings. The number of hydrogen-bond acceptors (Lipinski definition) is 3. The van der Waals surface area contributed by atoms with Gasteiger partial charge in [0.15, 0.2) is 0 Å². The molecule has 0 saturated carbocycles. The highest BCUT2D eigenvalue weighted by molar-refractivity contribution is 5.86. The van der Waals surface area contributed by atoms with Crippen molar-refractivity contribution in [2.75, 3.05) is 13.7 Å². The lowest BCUT2D eigenvalue weighted by atomic mass is 9.82. The smallest absolute Gasteiger partial charge is 0.361 e. The topological polar surface area (TPSA) is 41.6 Å². The maximum absolute atomic E-state index is 13.5. The summed E-state index contributed by atoms with van der Waals surface area (Å²) in [7, 11) is 0.931. The lowest BCUT2D eigenvalue weighted by Crippen LogP contribution is -2.56. The van der Waals surface area contributed by atoms with E-state index in [-0.39, 0.29) is 24.5 Å². The number of halogens is 3. The zero-order valence-corrected chi connectivity index (χ0v) is 17.2. The summed E-state index contributed by atoms with van der Waals surface area (Å²) >= 11 is 0. The van der Waals surface area contributed by atoms with Crippen LogP contribution in [0.3, 0.4) is 0 Å². The van der Waals surface area contributed by atoms with Gasteiger partial charge in [-0.15, -0.1) is 0 Å². The van der Waals surface area contributed by atoms with Gasteiger partial charge in [-0.1, -0.05) is 32.9 Å². The van der Waals surface area contributed by atoms with Crippen molar-refractivity contribution in [3.05, 3.63) is 34.4 Å². The first kappa shape index (κ1) is 21.1. The zero-order valence-electron chi connectivity index (χ0n) is 17.2. The number of hydrogen-bond donors (Lipinski definition) is 1. The van der Waals surface area contributed by atoms with Crippen molar-refractivity contribution in [3.63, 3.8) is 0 Å². The van der Waals surface area contributed by atoms with Gasteiger partial charge < -0.3 is 15.0 Å². The van der Waals surface area contributed by atoms with Crippen LogP contribution in [-0.2, 0) is 28.0 Å². The summed E-state index contributed by atoms with van der Waals surface area (Å²) in [6.07, 6.45) is -2.72. The maximum atomic E-state index is 13.5. The number of methoxy groups -OCH3 is 1. The fourth-order valence-electron chi connectivity index (χ4n) is 4.01. The van der Waals surface area contributed by atoms with Crippen LogP contribution in [0, 0.1) is 0 Å². The predicted octanol–water partition coefficient (Wildman–Crippen LogP) is 4.22. The van der Waals surface area contributed by atoms with Gasteiger partial charge in [0.1, 0.15) is 0 Å². The Morgan fingerprint density at radius 2 is 1.86 bits per heavy atom. The molecule has 1 saturated heterocycles. The Bertz CT molecular complexity index is 764. The van der Waals surface area contributed by atoms with E-state index in [1.807, 2.05) is 6.07 Å². The standard InChI is InChI=1S/C21H29F3N2O2/c1-19(2,3)14-9-13-11-26(18(27)20(4,28-5)21(22,23)24)12-16(13)15(10-14)17-7-6-8-25-17/h9-10,17,25H,6-8,11-12H2,1-5H3/t17-,20?/m0/s1. The summed E-state index contributed by atoms with van der Waals surface area (Å²) in [4.78, 5) is 14.1. The average Bonchev–Trinajstić information content (AvgIpc) is 3.26. The van der Waals surface area contributed by atoms with E-state index in [1.54, 1.807) is 0 Å². The molecule has 1 aromatic rings. The molecule has 1 N–H and O–H groups in total. The van der Waals surface area contributed by atoms with Crippen LogP contribution in [-0.4, -0.2) is 36.2 Å². The third-order valence-corrected chi connectivity index (χ3v) is 6.03. The molecule has 0 aliphatic carbocycles. The summed E-state index contributed by atoms with van der Waals surface area (Å²) in [5, 5.41) is 3.48. The molecular formula is C21H29F3N2O2. The zero-order chi connectivity index (χ0) is 20.9. The van der Waals surface area contributed by atoms with E-state index in [1.165, 1.54) is 4.90 Å². The van der Waals surface area contributed by atoms with Crippen molar-refractivity contribution in [1.29, 1.82) is 0 Å². The first-order valence-corrected chi connectivity index (χ1v) is 9.69. The molecule has 2 heterocycles.